The molecule has 1 aliphatic rings. The smallest absolute Gasteiger partial charge is 0.243 e. The zero-order chi connectivity index (χ0) is 21.0. The van der Waals surface area contributed by atoms with E-state index < -0.39 is 0 Å². The number of aryl methyl sites for hydroxylation is 3. The van der Waals surface area contributed by atoms with Gasteiger partial charge in [0.15, 0.2) is 0 Å². The van der Waals surface area contributed by atoms with Crippen LogP contribution in [0.4, 0.5) is 5.69 Å². The Labute approximate surface area is 184 Å². The standard InChI is InChI=1S/C23H30N4O2.ClH/c1-15-9-16(2)23(17(3)10-15)26-21(28)11-25-22(29)14-27-12-19(20(24)13-27)18-7-5-4-6-8-18;/h4-10,19-20H,11-14,24H2,1-3H3,(H,25,29)(H,26,28);1H/t19-,20+;/m0./s1. The predicted molar refractivity (Wildman–Crippen MR) is 123 cm³/mol. The minimum absolute atomic E-state index is 0. The Bertz CT molecular complexity index is 865. The van der Waals surface area contributed by atoms with Crippen LogP contribution in [0, 0.1) is 20.8 Å². The van der Waals surface area contributed by atoms with E-state index in [1.165, 1.54) is 5.56 Å². The number of carbonyl (C=O) groups is 2. The van der Waals surface area contributed by atoms with Crippen molar-refractivity contribution in [2.24, 2.45) is 5.73 Å². The minimum atomic E-state index is -0.228. The first-order chi connectivity index (χ1) is 13.8. The summed E-state index contributed by atoms with van der Waals surface area (Å²) in [5.41, 5.74) is 11.5. The molecule has 1 aliphatic heterocycles. The molecule has 30 heavy (non-hydrogen) atoms. The van der Waals surface area contributed by atoms with Crippen molar-refractivity contribution in [1.29, 1.82) is 0 Å². The molecule has 162 valence electrons. The average Bonchev–Trinajstić information content (AvgIpc) is 3.03. The molecule has 2 aromatic carbocycles. The Morgan fingerprint density at radius 3 is 2.30 bits per heavy atom. The number of benzene rings is 2. The third kappa shape index (κ3) is 6.05. The van der Waals surface area contributed by atoms with Crippen molar-refractivity contribution in [2.45, 2.75) is 32.7 Å². The van der Waals surface area contributed by atoms with Gasteiger partial charge in [0.1, 0.15) is 0 Å². The van der Waals surface area contributed by atoms with E-state index in [0.717, 1.165) is 28.9 Å². The maximum Gasteiger partial charge on any atom is 0.243 e. The molecule has 0 aromatic heterocycles. The second-order valence-electron chi connectivity index (χ2n) is 7.97. The summed E-state index contributed by atoms with van der Waals surface area (Å²) in [6, 6.07) is 14.2. The third-order valence-electron chi connectivity index (χ3n) is 5.42. The number of rotatable bonds is 6. The minimum Gasteiger partial charge on any atom is -0.346 e. The van der Waals surface area contributed by atoms with Gasteiger partial charge in [-0.15, -0.1) is 12.4 Å². The lowest BCUT2D eigenvalue weighted by molar-refractivity contribution is -0.124. The Kier molecular flexibility index (Phi) is 8.41. The van der Waals surface area contributed by atoms with Crippen LogP contribution in [0.25, 0.3) is 0 Å². The van der Waals surface area contributed by atoms with Crippen LogP contribution in [0.5, 0.6) is 0 Å². The van der Waals surface area contributed by atoms with Gasteiger partial charge in [-0.05, 0) is 37.5 Å². The van der Waals surface area contributed by atoms with E-state index in [9.17, 15) is 9.59 Å². The first kappa shape index (κ1) is 23.9. The summed E-state index contributed by atoms with van der Waals surface area (Å²) in [5, 5.41) is 5.62. The number of halogens is 1. The van der Waals surface area contributed by atoms with E-state index in [1.807, 2.05) is 56.0 Å². The number of anilines is 1. The number of amides is 2. The Morgan fingerprint density at radius 2 is 1.67 bits per heavy atom. The van der Waals surface area contributed by atoms with Gasteiger partial charge in [0.05, 0.1) is 13.1 Å². The average molecular weight is 431 g/mol. The highest BCUT2D eigenvalue weighted by molar-refractivity contribution is 5.96. The summed E-state index contributed by atoms with van der Waals surface area (Å²) < 4.78 is 0. The topological polar surface area (TPSA) is 87.5 Å². The number of likely N-dealkylation sites (tertiary alicyclic amines) is 1. The van der Waals surface area contributed by atoms with Crippen LogP contribution in [0.3, 0.4) is 0 Å². The molecule has 0 spiro atoms. The molecule has 2 aromatic rings. The first-order valence-corrected chi connectivity index (χ1v) is 10.0. The summed E-state index contributed by atoms with van der Waals surface area (Å²) >= 11 is 0. The van der Waals surface area contributed by atoms with Crippen molar-refractivity contribution < 1.29 is 9.59 Å². The molecule has 0 aliphatic carbocycles. The summed E-state index contributed by atoms with van der Waals surface area (Å²) in [6.07, 6.45) is 0. The zero-order valence-electron chi connectivity index (χ0n) is 17.8. The van der Waals surface area contributed by atoms with E-state index >= 15 is 0 Å². The zero-order valence-corrected chi connectivity index (χ0v) is 18.6. The molecule has 6 nitrogen and oxygen atoms in total. The lowest BCUT2D eigenvalue weighted by Gasteiger charge is -2.16. The molecule has 2 atom stereocenters. The molecule has 2 amide bonds. The number of carbonyl (C=O) groups excluding carboxylic acids is 2. The van der Waals surface area contributed by atoms with Crippen molar-refractivity contribution in [3.05, 3.63) is 64.7 Å². The van der Waals surface area contributed by atoms with E-state index in [-0.39, 0.29) is 49.3 Å². The second-order valence-corrected chi connectivity index (χ2v) is 7.97. The number of nitrogens with two attached hydrogens (primary N) is 1. The summed E-state index contributed by atoms with van der Waals surface area (Å²) in [4.78, 5) is 26.6. The number of hydrogen-bond donors (Lipinski definition) is 3. The quantitative estimate of drug-likeness (QED) is 0.657. The highest BCUT2D eigenvalue weighted by Gasteiger charge is 2.32. The number of hydrogen-bond acceptors (Lipinski definition) is 4. The van der Waals surface area contributed by atoms with Crippen molar-refractivity contribution >= 4 is 29.9 Å². The van der Waals surface area contributed by atoms with Gasteiger partial charge < -0.3 is 16.4 Å². The van der Waals surface area contributed by atoms with Crippen molar-refractivity contribution in [3.8, 4) is 0 Å². The maximum atomic E-state index is 12.3. The van der Waals surface area contributed by atoms with Gasteiger partial charge in [-0.2, -0.15) is 0 Å². The Morgan fingerprint density at radius 1 is 1.03 bits per heavy atom. The van der Waals surface area contributed by atoms with Crippen LogP contribution >= 0.6 is 12.4 Å². The lowest BCUT2D eigenvalue weighted by atomic mass is 9.95. The van der Waals surface area contributed by atoms with Gasteiger partial charge in [-0.3, -0.25) is 14.5 Å². The molecule has 1 fully saturated rings. The molecule has 7 heteroatoms. The fraction of sp³-hybridized carbons (Fsp3) is 0.391. The Balaban J connectivity index is 0.00000320. The monoisotopic (exact) mass is 430 g/mol. The van der Waals surface area contributed by atoms with Crippen LogP contribution in [0.1, 0.15) is 28.2 Å². The van der Waals surface area contributed by atoms with Crippen LogP contribution < -0.4 is 16.4 Å². The fourth-order valence-electron chi connectivity index (χ4n) is 4.09. The summed E-state index contributed by atoms with van der Waals surface area (Å²) in [7, 11) is 0. The Hall–Kier alpha value is -2.41. The van der Waals surface area contributed by atoms with E-state index in [0.29, 0.717) is 6.54 Å². The molecule has 4 N–H and O–H groups in total. The van der Waals surface area contributed by atoms with Gasteiger partial charge in [0, 0.05) is 30.7 Å². The SMILES string of the molecule is Cc1cc(C)c(NC(=O)CNC(=O)CN2C[C@@H](N)[C@H](c3ccccc3)C2)c(C)c1.Cl. The molecule has 1 saturated heterocycles. The van der Waals surface area contributed by atoms with Crippen molar-refractivity contribution in [3.63, 3.8) is 0 Å². The lowest BCUT2D eigenvalue weighted by Crippen LogP contribution is -2.40. The normalized spacial score (nSPS) is 18.5. The summed E-state index contributed by atoms with van der Waals surface area (Å²) in [6.45, 7) is 7.56. The molecule has 0 bridgehead atoms. The van der Waals surface area contributed by atoms with Crippen LogP contribution in [-0.4, -0.2) is 48.9 Å². The third-order valence-corrected chi connectivity index (χ3v) is 5.42. The van der Waals surface area contributed by atoms with Crippen LogP contribution in [-0.2, 0) is 9.59 Å². The summed E-state index contributed by atoms with van der Waals surface area (Å²) in [5.74, 6) is -0.174. The van der Waals surface area contributed by atoms with E-state index in [1.54, 1.807) is 0 Å². The molecular weight excluding hydrogens is 400 g/mol. The fourth-order valence-corrected chi connectivity index (χ4v) is 4.09. The predicted octanol–water partition coefficient (Wildman–Crippen LogP) is 2.52. The molecule has 3 rings (SSSR count). The largest absolute Gasteiger partial charge is 0.346 e. The highest BCUT2D eigenvalue weighted by atomic mass is 35.5. The number of nitrogens with zero attached hydrogens (tertiary/aromatic N) is 1. The van der Waals surface area contributed by atoms with Crippen molar-refractivity contribution in [2.75, 3.05) is 31.5 Å². The van der Waals surface area contributed by atoms with Gasteiger partial charge in [-0.25, -0.2) is 0 Å². The number of nitrogens with one attached hydrogen (secondary N) is 2. The van der Waals surface area contributed by atoms with Crippen molar-refractivity contribution in [1.82, 2.24) is 10.2 Å². The highest BCUT2D eigenvalue weighted by Crippen LogP contribution is 2.26. The second kappa shape index (κ2) is 10.6. The van der Waals surface area contributed by atoms with Gasteiger partial charge in [-0.1, -0.05) is 48.0 Å². The van der Waals surface area contributed by atoms with Crippen LogP contribution in [0.2, 0.25) is 0 Å². The maximum absolute atomic E-state index is 12.3. The molecule has 0 saturated carbocycles. The molecular formula is C23H31ClN4O2. The first-order valence-electron chi connectivity index (χ1n) is 10.0. The molecule has 0 radical (unpaired) electrons. The van der Waals surface area contributed by atoms with E-state index in [4.69, 9.17) is 5.73 Å². The van der Waals surface area contributed by atoms with Crippen LogP contribution in [0.15, 0.2) is 42.5 Å². The van der Waals surface area contributed by atoms with Gasteiger partial charge in [0.25, 0.3) is 0 Å². The van der Waals surface area contributed by atoms with Gasteiger partial charge >= 0.3 is 0 Å². The molecule has 0 unspecified atom stereocenters. The molecule has 1 heterocycles. The van der Waals surface area contributed by atoms with E-state index in [2.05, 4.69) is 22.8 Å². The van der Waals surface area contributed by atoms with Gasteiger partial charge in [0.2, 0.25) is 11.8 Å².